The molecule has 1 aliphatic rings. The molecular formula is C27H24ClN3O4. The van der Waals surface area contributed by atoms with Gasteiger partial charge < -0.3 is 9.32 Å². The lowest BCUT2D eigenvalue weighted by Gasteiger charge is -2.36. The van der Waals surface area contributed by atoms with Crippen LogP contribution in [0.25, 0.3) is 11.1 Å². The van der Waals surface area contributed by atoms with Crippen LogP contribution in [0.3, 0.4) is 0 Å². The van der Waals surface area contributed by atoms with Gasteiger partial charge >= 0.3 is 5.76 Å². The summed E-state index contributed by atoms with van der Waals surface area (Å²) in [5, 5.41) is 0.564. The Bertz CT molecular complexity index is 1450. The average molecular weight is 490 g/mol. The van der Waals surface area contributed by atoms with E-state index in [-0.39, 0.29) is 11.6 Å². The maximum Gasteiger partial charge on any atom is 0.421 e. The molecule has 1 aromatic heterocycles. The highest BCUT2D eigenvalue weighted by Crippen LogP contribution is 2.21. The number of halogens is 1. The zero-order valence-corrected chi connectivity index (χ0v) is 20.0. The summed E-state index contributed by atoms with van der Waals surface area (Å²) in [5.41, 5.74) is 3.83. The third-order valence-electron chi connectivity index (χ3n) is 6.39. The fourth-order valence-electron chi connectivity index (χ4n) is 4.36. The van der Waals surface area contributed by atoms with Crippen LogP contribution in [0.5, 0.6) is 0 Å². The van der Waals surface area contributed by atoms with Gasteiger partial charge in [0.1, 0.15) is 0 Å². The van der Waals surface area contributed by atoms with Crippen LogP contribution in [0.1, 0.15) is 33.2 Å². The van der Waals surface area contributed by atoms with Gasteiger partial charge in [0.05, 0.1) is 12.2 Å². The van der Waals surface area contributed by atoms with Crippen molar-refractivity contribution in [2.24, 2.45) is 0 Å². The molecule has 1 aliphatic heterocycles. The second-order valence-corrected chi connectivity index (χ2v) is 9.10. The lowest BCUT2D eigenvalue weighted by molar-refractivity contribution is 0.101. The summed E-state index contributed by atoms with van der Waals surface area (Å²) < 4.78 is 7.01. The van der Waals surface area contributed by atoms with E-state index in [9.17, 15) is 14.4 Å². The smallest absolute Gasteiger partial charge is 0.408 e. The normalized spacial score (nSPS) is 14.4. The molecule has 0 bridgehead atoms. The molecule has 0 spiro atoms. The van der Waals surface area contributed by atoms with E-state index in [2.05, 4.69) is 9.80 Å². The van der Waals surface area contributed by atoms with Crippen molar-refractivity contribution in [3.63, 3.8) is 0 Å². The standard InChI is InChI=1S/C27H24ClN3O4/c1-18(32)19-4-9-23(10-5-19)30-14-12-29(13-15-30)17-31-24-16-21(6-11-25(24)35-27(31)34)26(33)20-2-7-22(28)8-3-20/h2-11,16H,12-15,17H2,1H3. The number of benzene rings is 3. The van der Waals surface area contributed by atoms with Crippen molar-refractivity contribution in [3.8, 4) is 0 Å². The number of aromatic nitrogens is 1. The Morgan fingerprint density at radius 3 is 2.14 bits per heavy atom. The predicted molar refractivity (Wildman–Crippen MR) is 136 cm³/mol. The Morgan fingerprint density at radius 1 is 0.857 bits per heavy atom. The number of carbonyl (C=O) groups is 2. The summed E-state index contributed by atoms with van der Waals surface area (Å²) in [7, 11) is 0. The Balaban J connectivity index is 1.31. The third kappa shape index (κ3) is 4.78. The van der Waals surface area contributed by atoms with Gasteiger partial charge in [-0.1, -0.05) is 11.6 Å². The van der Waals surface area contributed by atoms with Crippen molar-refractivity contribution < 1.29 is 14.0 Å². The molecule has 0 aliphatic carbocycles. The topological polar surface area (TPSA) is 75.8 Å². The van der Waals surface area contributed by atoms with Crippen LogP contribution in [0.2, 0.25) is 5.02 Å². The molecule has 35 heavy (non-hydrogen) atoms. The zero-order valence-electron chi connectivity index (χ0n) is 19.2. The highest BCUT2D eigenvalue weighted by molar-refractivity contribution is 6.30. The van der Waals surface area contributed by atoms with Gasteiger partial charge in [0.2, 0.25) is 0 Å². The maximum atomic E-state index is 12.9. The van der Waals surface area contributed by atoms with Gasteiger partial charge in [-0.2, -0.15) is 0 Å². The number of piperazine rings is 1. The number of hydrogen-bond acceptors (Lipinski definition) is 6. The largest absolute Gasteiger partial charge is 0.421 e. The summed E-state index contributed by atoms with van der Waals surface area (Å²) in [5.74, 6) is -0.538. The molecule has 0 saturated carbocycles. The number of nitrogens with zero attached hydrogens (tertiary/aromatic N) is 3. The molecular weight excluding hydrogens is 466 g/mol. The third-order valence-corrected chi connectivity index (χ3v) is 6.64. The molecule has 4 aromatic rings. The number of rotatable bonds is 6. The minimum Gasteiger partial charge on any atom is -0.408 e. The fourth-order valence-corrected chi connectivity index (χ4v) is 4.49. The van der Waals surface area contributed by atoms with Gasteiger partial charge in [-0.25, -0.2) is 4.79 Å². The van der Waals surface area contributed by atoms with E-state index in [1.807, 2.05) is 24.3 Å². The van der Waals surface area contributed by atoms with Crippen molar-refractivity contribution in [1.29, 1.82) is 0 Å². The summed E-state index contributed by atoms with van der Waals surface area (Å²) in [6.07, 6.45) is 0. The van der Waals surface area contributed by atoms with Crippen LogP contribution in [0.15, 0.2) is 75.9 Å². The molecule has 8 heteroatoms. The van der Waals surface area contributed by atoms with E-state index in [4.69, 9.17) is 16.0 Å². The minimum atomic E-state index is -0.446. The first-order chi connectivity index (χ1) is 16.9. The minimum absolute atomic E-state index is 0.0529. The molecule has 0 amide bonds. The predicted octanol–water partition coefficient (Wildman–Crippen LogP) is 4.46. The Labute approximate surface area is 207 Å². The Kier molecular flexibility index (Phi) is 6.28. The number of hydrogen-bond donors (Lipinski definition) is 0. The van der Waals surface area contributed by atoms with E-state index >= 15 is 0 Å². The molecule has 1 fully saturated rings. The first kappa shape index (κ1) is 23.1. The van der Waals surface area contributed by atoms with Crippen molar-refractivity contribution in [2.45, 2.75) is 13.6 Å². The molecule has 0 unspecified atom stereocenters. The molecule has 2 heterocycles. The van der Waals surface area contributed by atoms with Gasteiger partial charge in [0.25, 0.3) is 0 Å². The first-order valence-corrected chi connectivity index (χ1v) is 11.8. The van der Waals surface area contributed by atoms with Crippen LogP contribution in [-0.4, -0.2) is 47.2 Å². The highest BCUT2D eigenvalue weighted by atomic mass is 35.5. The maximum absolute atomic E-state index is 12.9. The van der Waals surface area contributed by atoms with Gasteiger partial charge in [0, 0.05) is 53.6 Å². The van der Waals surface area contributed by atoms with Crippen molar-refractivity contribution in [2.75, 3.05) is 31.1 Å². The Hall–Kier alpha value is -3.68. The molecule has 7 nitrogen and oxygen atoms in total. The number of carbonyl (C=O) groups excluding carboxylic acids is 2. The number of anilines is 1. The van der Waals surface area contributed by atoms with Gasteiger partial charge in [-0.3, -0.25) is 19.1 Å². The monoisotopic (exact) mass is 489 g/mol. The molecule has 0 radical (unpaired) electrons. The number of fused-ring (bicyclic) bond motifs is 1. The van der Waals surface area contributed by atoms with Crippen LogP contribution < -0.4 is 10.7 Å². The fraction of sp³-hybridized carbons (Fsp3) is 0.222. The Morgan fingerprint density at radius 2 is 1.49 bits per heavy atom. The molecule has 178 valence electrons. The molecule has 5 rings (SSSR count). The van der Waals surface area contributed by atoms with Gasteiger partial charge in [-0.15, -0.1) is 0 Å². The lowest BCUT2D eigenvalue weighted by Crippen LogP contribution is -2.47. The van der Waals surface area contributed by atoms with Crippen LogP contribution in [-0.2, 0) is 6.67 Å². The van der Waals surface area contributed by atoms with Crippen LogP contribution >= 0.6 is 11.6 Å². The molecule has 3 aromatic carbocycles. The van der Waals surface area contributed by atoms with E-state index < -0.39 is 5.76 Å². The van der Waals surface area contributed by atoms with Crippen molar-refractivity contribution in [1.82, 2.24) is 9.47 Å². The quantitative estimate of drug-likeness (QED) is 0.372. The zero-order chi connectivity index (χ0) is 24.5. The van der Waals surface area contributed by atoms with E-state index in [0.717, 1.165) is 31.9 Å². The lowest BCUT2D eigenvalue weighted by atomic mass is 10.0. The SMILES string of the molecule is CC(=O)c1ccc(N2CCN(Cn3c(=O)oc4ccc(C(=O)c5ccc(Cl)cc5)cc43)CC2)cc1. The number of Topliss-reactive ketones (excluding diaryl/α,β-unsaturated/α-hetero) is 1. The van der Waals surface area contributed by atoms with E-state index in [1.165, 1.54) is 0 Å². The van der Waals surface area contributed by atoms with Gasteiger partial charge in [-0.05, 0) is 73.7 Å². The highest BCUT2D eigenvalue weighted by Gasteiger charge is 2.21. The molecule has 0 atom stereocenters. The summed E-state index contributed by atoms with van der Waals surface area (Å²) in [6.45, 7) is 5.05. The second-order valence-electron chi connectivity index (χ2n) is 8.66. The van der Waals surface area contributed by atoms with Crippen LogP contribution in [0, 0.1) is 0 Å². The summed E-state index contributed by atoms with van der Waals surface area (Å²) in [6, 6.07) is 19.4. The first-order valence-electron chi connectivity index (χ1n) is 11.4. The van der Waals surface area contributed by atoms with Crippen molar-refractivity contribution in [3.05, 3.63) is 99.0 Å². The molecule has 1 saturated heterocycles. The van der Waals surface area contributed by atoms with Crippen LogP contribution in [0.4, 0.5) is 5.69 Å². The van der Waals surface area contributed by atoms with Crippen molar-refractivity contribution >= 4 is 40.0 Å². The number of oxazole rings is 1. The summed E-state index contributed by atoms with van der Waals surface area (Å²) in [4.78, 5) is 41.5. The second kappa shape index (κ2) is 9.52. The average Bonchev–Trinajstić information content (AvgIpc) is 3.18. The van der Waals surface area contributed by atoms with Gasteiger partial charge in [0.15, 0.2) is 17.1 Å². The number of ketones is 2. The van der Waals surface area contributed by atoms with E-state index in [0.29, 0.717) is 39.5 Å². The van der Waals surface area contributed by atoms with E-state index in [1.54, 1.807) is 54.0 Å². The summed E-state index contributed by atoms with van der Waals surface area (Å²) >= 11 is 5.94. The molecule has 0 N–H and O–H groups in total.